The summed E-state index contributed by atoms with van der Waals surface area (Å²) in [7, 11) is 1.59. The van der Waals surface area contributed by atoms with Gasteiger partial charge >= 0.3 is 24.2 Å². The second-order valence-corrected chi connectivity index (χ2v) is 18.9. The fraction of sp³-hybridized carbons (Fsp3) is 0.540. The lowest BCUT2D eigenvalue weighted by atomic mass is 9.73. The molecule has 6 fully saturated rings. The lowest BCUT2D eigenvalue weighted by Gasteiger charge is -2.51. The number of fused-ring (bicyclic) bond motifs is 3. The van der Waals surface area contributed by atoms with E-state index in [0.717, 1.165) is 11.1 Å². The van der Waals surface area contributed by atoms with Gasteiger partial charge in [-0.2, -0.15) is 0 Å². The number of carbonyl (C=O) groups is 5. The third kappa shape index (κ3) is 10.8. The van der Waals surface area contributed by atoms with Gasteiger partial charge in [-0.25, -0.2) is 19.2 Å². The fourth-order valence-electron chi connectivity index (χ4n) is 10.3. The third-order valence-electron chi connectivity index (χ3n) is 14.2. The average Bonchev–Trinajstić information content (AvgIpc) is 3.66. The molecule has 1 saturated carbocycles. The fourth-order valence-corrected chi connectivity index (χ4v) is 10.3. The Hall–Kier alpha value is -5.83. The number of benzene rings is 3. The summed E-state index contributed by atoms with van der Waals surface area (Å²) >= 11 is 0. The second-order valence-electron chi connectivity index (χ2n) is 18.9. The molecule has 5 aliphatic heterocycles. The van der Waals surface area contributed by atoms with E-state index in [1.807, 2.05) is 81.4 Å². The molecule has 3 aromatic carbocycles. The van der Waals surface area contributed by atoms with Crippen molar-refractivity contribution < 1.29 is 71.3 Å². The van der Waals surface area contributed by atoms with Crippen molar-refractivity contribution in [2.24, 2.45) is 17.8 Å². The highest BCUT2D eigenvalue weighted by molar-refractivity contribution is 5.89. The van der Waals surface area contributed by atoms with Crippen LogP contribution >= 0.6 is 0 Å². The number of ether oxygens (including phenoxy) is 10. The lowest BCUT2D eigenvalue weighted by molar-refractivity contribution is -0.361. The minimum atomic E-state index is -1.16. The monoisotopic (exact) mass is 956 g/mol. The Balaban J connectivity index is 0.884. The summed E-state index contributed by atoms with van der Waals surface area (Å²) in [6, 6.07) is 25.4. The number of hydrogen-bond acceptors (Lipinski definition) is 15. The molecular formula is C50H60N4O15. The van der Waals surface area contributed by atoms with Crippen LogP contribution in [0.2, 0.25) is 0 Å². The van der Waals surface area contributed by atoms with Crippen LogP contribution in [0.5, 0.6) is 0 Å². The van der Waals surface area contributed by atoms with Crippen molar-refractivity contribution in [2.45, 2.75) is 126 Å². The molecule has 6 aliphatic rings. The molecular weight excluding hydrogens is 897 g/mol. The van der Waals surface area contributed by atoms with Gasteiger partial charge in [0.2, 0.25) is 5.91 Å². The molecule has 1 spiro atoms. The molecule has 0 bridgehead atoms. The van der Waals surface area contributed by atoms with Crippen LogP contribution in [0.1, 0.15) is 61.5 Å². The molecule has 4 amide bonds. The van der Waals surface area contributed by atoms with Gasteiger partial charge in [0, 0.05) is 25.4 Å². The maximum absolute atomic E-state index is 13.5. The molecule has 3 N–H and O–H groups in total. The standard InChI is InChI=1S/C50H60N4O15/c1-28-20-36-42(43-40(54(4)49(59)69-43)46(64-36)66-39-22-37(65-44(56)33-18-12-7-13-19-33)50(27-63-39)26-60-25-38(55)53-50)68-45(28)67-41-30(3)29(2)34(51-47(57)61-23-31-14-8-5-9-15-31)21-35(41)52-48(58)62-24-32-16-10-6-11-17-32/h5-19,28-30,34-37,39-43,45-46H,20-27H2,1-4H3,(H,51,57)(H,52,58)(H,53,55)/t28?,29?,30-,34-,35?,36+,37-,39-,40?,41+,42?,43?,45+,46?,50+/m1/s1. The first-order chi connectivity index (χ1) is 33.3. The molecule has 19 nitrogen and oxygen atoms in total. The topological polar surface area (TPSA) is 217 Å². The maximum Gasteiger partial charge on any atom is 0.410 e. The molecule has 7 unspecified atom stereocenters. The summed E-state index contributed by atoms with van der Waals surface area (Å²) in [5.41, 5.74) is 0.840. The second kappa shape index (κ2) is 21.0. The molecule has 0 aromatic heterocycles. The normalized spacial score (nSPS) is 35.1. The number of alkyl carbamates (subject to hydrolysis) is 2. The van der Waals surface area contributed by atoms with E-state index >= 15 is 0 Å². The van der Waals surface area contributed by atoms with Gasteiger partial charge in [0.05, 0.1) is 37.0 Å². The van der Waals surface area contributed by atoms with Crippen molar-refractivity contribution in [3.05, 3.63) is 108 Å². The Bertz CT molecular complexity index is 2280. The van der Waals surface area contributed by atoms with Crippen LogP contribution < -0.4 is 16.0 Å². The number of carbonyl (C=O) groups excluding carboxylic acids is 5. The van der Waals surface area contributed by atoms with Crippen LogP contribution in [-0.2, 0) is 65.4 Å². The van der Waals surface area contributed by atoms with E-state index in [0.29, 0.717) is 18.4 Å². The molecule has 0 radical (unpaired) electrons. The summed E-state index contributed by atoms with van der Waals surface area (Å²) in [4.78, 5) is 67.3. The third-order valence-corrected chi connectivity index (χ3v) is 14.2. The maximum atomic E-state index is 13.5. The van der Waals surface area contributed by atoms with Crippen molar-refractivity contribution >= 4 is 30.2 Å². The Morgan fingerprint density at radius 1 is 0.739 bits per heavy atom. The molecule has 5 heterocycles. The Morgan fingerprint density at radius 3 is 2.03 bits per heavy atom. The zero-order valence-corrected chi connectivity index (χ0v) is 39.0. The predicted molar refractivity (Wildman–Crippen MR) is 241 cm³/mol. The first-order valence-corrected chi connectivity index (χ1v) is 23.6. The first-order valence-electron chi connectivity index (χ1n) is 23.6. The highest BCUT2D eigenvalue weighted by atomic mass is 16.8. The van der Waals surface area contributed by atoms with Gasteiger partial charge in [0.25, 0.3) is 0 Å². The molecule has 1 aliphatic carbocycles. The van der Waals surface area contributed by atoms with Gasteiger partial charge in [-0.1, -0.05) is 99.6 Å². The van der Waals surface area contributed by atoms with E-state index in [-0.39, 0.29) is 63.1 Å². The summed E-state index contributed by atoms with van der Waals surface area (Å²) < 4.78 is 62.0. The van der Waals surface area contributed by atoms with Gasteiger partial charge in [-0.05, 0) is 47.9 Å². The van der Waals surface area contributed by atoms with Crippen LogP contribution in [0, 0.1) is 17.8 Å². The molecule has 3 aromatic rings. The lowest BCUT2D eigenvalue weighted by Crippen LogP contribution is -2.70. The zero-order chi connectivity index (χ0) is 48.2. The van der Waals surface area contributed by atoms with E-state index in [1.165, 1.54) is 4.90 Å². The Morgan fingerprint density at radius 2 is 1.38 bits per heavy atom. The van der Waals surface area contributed by atoms with Crippen LogP contribution in [0.25, 0.3) is 0 Å². The van der Waals surface area contributed by atoms with Gasteiger partial charge < -0.3 is 63.3 Å². The molecule has 19 heteroatoms. The van der Waals surface area contributed by atoms with Crippen molar-refractivity contribution in [3.8, 4) is 0 Å². The van der Waals surface area contributed by atoms with Crippen LogP contribution in [-0.4, -0.2) is 135 Å². The summed E-state index contributed by atoms with van der Waals surface area (Å²) in [5.74, 6) is -1.58. The van der Waals surface area contributed by atoms with Gasteiger partial charge in [0.1, 0.15) is 43.6 Å². The van der Waals surface area contributed by atoms with Crippen molar-refractivity contribution in [1.29, 1.82) is 0 Å². The van der Waals surface area contributed by atoms with Crippen molar-refractivity contribution in [1.82, 2.24) is 20.9 Å². The largest absolute Gasteiger partial charge is 0.456 e. The summed E-state index contributed by atoms with van der Waals surface area (Å²) in [6.07, 6.45) is -7.73. The minimum absolute atomic E-state index is 0.00708. The van der Waals surface area contributed by atoms with E-state index < -0.39 is 97.3 Å². The van der Waals surface area contributed by atoms with Crippen LogP contribution in [0.4, 0.5) is 14.4 Å². The first kappa shape index (κ1) is 48.2. The quantitative estimate of drug-likeness (QED) is 0.164. The number of hydrogen-bond donors (Lipinski definition) is 3. The van der Waals surface area contributed by atoms with Crippen molar-refractivity contribution in [3.63, 3.8) is 0 Å². The Kier molecular flexibility index (Phi) is 14.7. The Labute approximate surface area is 400 Å². The van der Waals surface area contributed by atoms with Gasteiger partial charge in [-0.15, -0.1) is 0 Å². The van der Waals surface area contributed by atoms with Crippen LogP contribution in [0.15, 0.2) is 91.0 Å². The van der Waals surface area contributed by atoms with Gasteiger partial charge in [0.15, 0.2) is 25.0 Å². The number of nitrogens with one attached hydrogen (secondary N) is 3. The SMILES string of the molecule is CC1C[C@@H]2OC(O[C@@H]3C[C@@H](OC(=O)c4ccccc4)[C@]4(COCC(=O)N4)CO3)C3C(OC(=O)N3C)C2O[C@@H]1O[C@@H]1C(NC(=O)OCc2ccccc2)C[C@@H](NC(=O)OCc2ccccc2)C(C)[C@H]1C. The molecule has 15 atom stereocenters. The number of rotatable bonds is 12. The number of amides is 4. The predicted octanol–water partition coefficient (Wildman–Crippen LogP) is 4.81. The van der Waals surface area contributed by atoms with Crippen molar-refractivity contribution in [2.75, 3.05) is 26.9 Å². The number of nitrogens with zero attached hydrogens (tertiary/aromatic N) is 1. The number of likely N-dealkylation sites (N-methyl/N-ethyl adjacent to an activating group) is 1. The summed E-state index contributed by atoms with van der Waals surface area (Å²) in [5, 5.41) is 8.99. The van der Waals surface area contributed by atoms with E-state index in [2.05, 4.69) is 16.0 Å². The summed E-state index contributed by atoms with van der Waals surface area (Å²) in [6.45, 7) is 5.96. The molecule has 5 saturated heterocycles. The minimum Gasteiger partial charge on any atom is -0.456 e. The molecule has 69 heavy (non-hydrogen) atoms. The van der Waals surface area contributed by atoms with E-state index in [4.69, 9.17) is 47.4 Å². The van der Waals surface area contributed by atoms with Gasteiger partial charge in [-0.3, -0.25) is 9.69 Å². The highest BCUT2D eigenvalue weighted by Gasteiger charge is 2.60. The number of morpholine rings is 1. The van der Waals surface area contributed by atoms with Crippen LogP contribution in [0.3, 0.4) is 0 Å². The highest BCUT2D eigenvalue weighted by Crippen LogP contribution is 2.44. The number of esters is 1. The average molecular weight is 957 g/mol. The molecule has 370 valence electrons. The smallest absolute Gasteiger partial charge is 0.410 e. The zero-order valence-electron chi connectivity index (χ0n) is 39.0. The van der Waals surface area contributed by atoms with E-state index in [9.17, 15) is 24.0 Å². The molecule has 9 rings (SSSR count). The van der Waals surface area contributed by atoms with E-state index in [1.54, 1.807) is 37.4 Å².